The molecule has 0 bridgehead atoms. The van der Waals surface area contributed by atoms with Gasteiger partial charge in [0.25, 0.3) is 11.7 Å². The van der Waals surface area contributed by atoms with Crippen LogP contribution in [0.2, 0.25) is 10.0 Å². The van der Waals surface area contributed by atoms with Gasteiger partial charge in [0.15, 0.2) is 0 Å². The zero-order valence-corrected chi connectivity index (χ0v) is 12.1. The van der Waals surface area contributed by atoms with Crippen LogP contribution in [0.3, 0.4) is 0 Å². The standard InChI is InChI=1S/C15H8Cl2FNO2/c16-9-3-1-2-8(6-9)7-19-13-11(18)5-4-10(17)12(13)14(20)15(19)21/h1-6H,7H2. The number of nitrogens with zero attached hydrogens (tertiary/aromatic N) is 1. The van der Waals surface area contributed by atoms with Crippen LogP contribution in [-0.2, 0) is 11.3 Å². The third-order valence-corrected chi connectivity index (χ3v) is 3.79. The van der Waals surface area contributed by atoms with Crippen molar-refractivity contribution in [2.75, 3.05) is 4.90 Å². The van der Waals surface area contributed by atoms with E-state index in [-0.39, 0.29) is 22.8 Å². The lowest BCUT2D eigenvalue weighted by atomic mass is 10.1. The minimum absolute atomic E-state index is 0.0510. The molecule has 3 nitrogen and oxygen atoms in total. The molecule has 0 aromatic heterocycles. The molecule has 3 rings (SSSR count). The zero-order valence-electron chi connectivity index (χ0n) is 10.6. The number of carbonyl (C=O) groups is 2. The molecule has 1 amide bonds. The molecule has 2 aromatic rings. The van der Waals surface area contributed by atoms with Gasteiger partial charge in [-0.1, -0.05) is 35.3 Å². The molecular formula is C15H8Cl2FNO2. The number of halogens is 3. The normalized spacial score (nSPS) is 13.8. The molecule has 21 heavy (non-hydrogen) atoms. The topological polar surface area (TPSA) is 37.4 Å². The molecule has 0 aliphatic carbocycles. The summed E-state index contributed by atoms with van der Waals surface area (Å²) in [6.07, 6.45) is 0. The van der Waals surface area contributed by atoms with Crippen molar-refractivity contribution in [3.63, 3.8) is 0 Å². The SMILES string of the molecule is O=C1C(=O)N(Cc2cccc(Cl)c2)c2c(F)ccc(Cl)c21. The lowest BCUT2D eigenvalue weighted by molar-refractivity contribution is -0.114. The number of hydrogen-bond donors (Lipinski definition) is 0. The molecule has 1 aliphatic rings. The summed E-state index contributed by atoms with van der Waals surface area (Å²) in [5, 5.41) is 0.565. The molecule has 0 fully saturated rings. The van der Waals surface area contributed by atoms with Gasteiger partial charge in [0.05, 0.1) is 22.8 Å². The Morgan fingerprint density at radius 1 is 1.10 bits per heavy atom. The van der Waals surface area contributed by atoms with E-state index in [2.05, 4.69) is 0 Å². The highest BCUT2D eigenvalue weighted by molar-refractivity contribution is 6.55. The third kappa shape index (κ3) is 2.30. The lowest BCUT2D eigenvalue weighted by Gasteiger charge is -2.17. The number of carbonyl (C=O) groups excluding carboxylic acids is 2. The van der Waals surface area contributed by atoms with Crippen molar-refractivity contribution in [3.05, 3.63) is 63.4 Å². The number of hydrogen-bond acceptors (Lipinski definition) is 2. The third-order valence-electron chi connectivity index (χ3n) is 3.24. The second-order valence-electron chi connectivity index (χ2n) is 4.60. The van der Waals surface area contributed by atoms with Crippen LogP contribution in [0.4, 0.5) is 10.1 Å². The van der Waals surface area contributed by atoms with Gasteiger partial charge in [-0.05, 0) is 29.8 Å². The van der Waals surface area contributed by atoms with Crippen molar-refractivity contribution in [1.29, 1.82) is 0 Å². The minimum atomic E-state index is -0.795. The summed E-state index contributed by atoms with van der Waals surface area (Å²) in [6, 6.07) is 9.20. The maximum absolute atomic E-state index is 14.0. The van der Waals surface area contributed by atoms with Crippen LogP contribution in [0.15, 0.2) is 36.4 Å². The lowest BCUT2D eigenvalue weighted by Crippen LogP contribution is -2.29. The quantitative estimate of drug-likeness (QED) is 0.787. The van der Waals surface area contributed by atoms with Gasteiger partial charge in [-0.2, -0.15) is 0 Å². The smallest absolute Gasteiger partial charge is 0.298 e. The number of rotatable bonds is 2. The van der Waals surface area contributed by atoms with Crippen LogP contribution in [0.5, 0.6) is 0 Å². The Bertz CT molecular complexity index is 776. The maximum atomic E-state index is 14.0. The van der Waals surface area contributed by atoms with Gasteiger partial charge >= 0.3 is 0 Å². The zero-order chi connectivity index (χ0) is 15.1. The van der Waals surface area contributed by atoms with Crippen molar-refractivity contribution in [1.82, 2.24) is 0 Å². The fourth-order valence-electron chi connectivity index (χ4n) is 2.32. The maximum Gasteiger partial charge on any atom is 0.299 e. The van der Waals surface area contributed by atoms with Crippen LogP contribution in [0, 0.1) is 5.82 Å². The molecule has 2 aromatic carbocycles. The Labute approximate surface area is 129 Å². The van der Waals surface area contributed by atoms with Crippen molar-refractivity contribution >= 4 is 40.6 Å². The molecule has 0 unspecified atom stereocenters. The van der Waals surface area contributed by atoms with E-state index in [1.807, 2.05) is 0 Å². The van der Waals surface area contributed by atoms with Crippen molar-refractivity contribution < 1.29 is 14.0 Å². The van der Waals surface area contributed by atoms with Crippen LogP contribution >= 0.6 is 23.2 Å². The van der Waals surface area contributed by atoms with Crippen molar-refractivity contribution in [2.45, 2.75) is 6.54 Å². The molecule has 1 heterocycles. The predicted molar refractivity (Wildman–Crippen MR) is 78.4 cm³/mol. The van der Waals surface area contributed by atoms with E-state index in [1.54, 1.807) is 24.3 Å². The van der Waals surface area contributed by atoms with E-state index in [1.165, 1.54) is 6.07 Å². The molecule has 0 saturated carbocycles. The Morgan fingerprint density at radius 3 is 2.57 bits per heavy atom. The number of amides is 1. The average molecular weight is 324 g/mol. The summed E-state index contributed by atoms with van der Waals surface area (Å²) in [6.45, 7) is 0.0510. The monoisotopic (exact) mass is 323 g/mol. The predicted octanol–water partition coefficient (Wildman–Crippen LogP) is 3.86. The van der Waals surface area contributed by atoms with E-state index in [4.69, 9.17) is 23.2 Å². The Morgan fingerprint density at radius 2 is 1.86 bits per heavy atom. The highest BCUT2D eigenvalue weighted by atomic mass is 35.5. The highest BCUT2D eigenvalue weighted by Gasteiger charge is 2.39. The molecule has 0 N–H and O–H groups in total. The summed E-state index contributed by atoms with van der Waals surface area (Å²) < 4.78 is 14.0. The Balaban J connectivity index is 2.08. The van der Waals surface area contributed by atoms with Crippen molar-refractivity contribution in [2.24, 2.45) is 0 Å². The molecular weight excluding hydrogens is 316 g/mol. The van der Waals surface area contributed by atoms with Crippen LogP contribution in [0.1, 0.15) is 15.9 Å². The van der Waals surface area contributed by atoms with E-state index >= 15 is 0 Å². The van der Waals surface area contributed by atoms with Gasteiger partial charge in [-0.15, -0.1) is 0 Å². The molecule has 0 radical (unpaired) electrons. The van der Waals surface area contributed by atoms with Gasteiger partial charge in [-0.25, -0.2) is 4.39 Å². The van der Waals surface area contributed by atoms with Gasteiger partial charge in [0, 0.05) is 5.02 Å². The molecule has 6 heteroatoms. The van der Waals surface area contributed by atoms with E-state index in [0.29, 0.717) is 10.6 Å². The second kappa shape index (κ2) is 5.13. The largest absolute Gasteiger partial charge is 0.299 e. The number of fused-ring (bicyclic) bond motifs is 1. The van der Waals surface area contributed by atoms with Gasteiger partial charge in [0.2, 0.25) is 0 Å². The first kappa shape index (κ1) is 14.0. The Hall–Kier alpha value is -1.91. The minimum Gasteiger partial charge on any atom is -0.298 e. The van der Waals surface area contributed by atoms with Crippen LogP contribution in [-0.4, -0.2) is 11.7 Å². The average Bonchev–Trinajstić information content (AvgIpc) is 2.69. The van der Waals surface area contributed by atoms with Gasteiger partial charge in [0.1, 0.15) is 5.82 Å². The summed E-state index contributed by atoms with van der Waals surface area (Å²) >= 11 is 11.8. The van der Waals surface area contributed by atoms with E-state index in [9.17, 15) is 14.0 Å². The summed E-state index contributed by atoms with van der Waals surface area (Å²) in [5.41, 5.74) is 0.539. The first-order chi connectivity index (χ1) is 9.99. The first-order valence-corrected chi connectivity index (χ1v) is 6.83. The van der Waals surface area contributed by atoms with Crippen LogP contribution < -0.4 is 4.90 Å². The van der Waals surface area contributed by atoms with Crippen LogP contribution in [0.25, 0.3) is 0 Å². The fourth-order valence-corrected chi connectivity index (χ4v) is 2.77. The van der Waals surface area contributed by atoms with Gasteiger partial charge in [-0.3, -0.25) is 14.5 Å². The van der Waals surface area contributed by atoms with E-state index in [0.717, 1.165) is 11.0 Å². The number of benzene rings is 2. The molecule has 0 saturated heterocycles. The fraction of sp³-hybridized carbons (Fsp3) is 0.0667. The number of anilines is 1. The second-order valence-corrected chi connectivity index (χ2v) is 5.45. The summed E-state index contributed by atoms with van der Waals surface area (Å²) in [5.74, 6) is -2.25. The molecule has 0 spiro atoms. The molecule has 106 valence electrons. The number of Topliss-reactive ketones (excluding diaryl/α,β-unsaturated/α-hetero) is 1. The molecule has 0 atom stereocenters. The summed E-state index contributed by atoms with van der Waals surface area (Å²) in [7, 11) is 0. The summed E-state index contributed by atoms with van der Waals surface area (Å²) in [4.78, 5) is 25.1. The number of ketones is 1. The first-order valence-electron chi connectivity index (χ1n) is 6.07. The highest BCUT2D eigenvalue weighted by Crippen LogP contribution is 2.37. The van der Waals surface area contributed by atoms with E-state index < -0.39 is 17.5 Å². The van der Waals surface area contributed by atoms with Crippen molar-refractivity contribution in [3.8, 4) is 0 Å². The van der Waals surface area contributed by atoms with Gasteiger partial charge < -0.3 is 0 Å². The molecule has 1 aliphatic heterocycles. The Kier molecular flexibility index (Phi) is 3.43.